The molecule has 2 aromatic carbocycles. The van der Waals surface area contributed by atoms with Gasteiger partial charge in [-0.05, 0) is 43.9 Å². The summed E-state index contributed by atoms with van der Waals surface area (Å²) < 4.78 is 26.0. The lowest BCUT2D eigenvalue weighted by molar-refractivity contribution is 0.324. The molecule has 0 unspecified atom stereocenters. The quantitative estimate of drug-likeness (QED) is 0.423. The Hall–Kier alpha value is -1.78. The first-order valence-electron chi connectivity index (χ1n) is 9.83. The fourth-order valence-electron chi connectivity index (χ4n) is 3.00. The zero-order chi connectivity index (χ0) is 20.4. The van der Waals surface area contributed by atoms with Gasteiger partial charge >= 0.3 is 0 Å². The summed E-state index contributed by atoms with van der Waals surface area (Å²) in [4.78, 5) is 2.50. The average molecular weight is 420 g/mol. The number of halogens is 1. The molecule has 0 bridgehead atoms. The molecule has 2 aromatic rings. The lowest BCUT2D eigenvalue weighted by Gasteiger charge is -2.28. The van der Waals surface area contributed by atoms with Crippen molar-refractivity contribution < 1.29 is 8.42 Å². The summed E-state index contributed by atoms with van der Waals surface area (Å²) in [5.41, 5.74) is 3.06. The Morgan fingerprint density at radius 3 is 2.32 bits per heavy atom. The fraction of sp³-hybridized carbons (Fsp3) is 0.391. The van der Waals surface area contributed by atoms with Gasteiger partial charge in [0.15, 0.2) is 0 Å². The highest BCUT2D eigenvalue weighted by Crippen LogP contribution is 2.22. The third-order valence-corrected chi connectivity index (χ3v) is 6.39. The van der Waals surface area contributed by atoms with Gasteiger partial charge in [-0.1, -0.05) is 61.4 Å². The fourth-order valence-corrected chi connectivity index (χ4v) is 4.40. The van der Waals surface area contributed by atoms with Crippen LogP contribution in [0.3, 0.4) is 0 Å². The topological polar surface area (TPSA) is 37.4 Å². The molecule has 5 heteroatoms. The Morgan fingerprint density at radius 1 is 1.04 bits per heavy atom. The van der Waals surface area contributed by atoms with Gasteiger partial charge in [-0.3, -0.25) is 0 Å². The van der Waals surface area contributed by atoms with Gasteiger partial charge in [0.25, 0.3) is 0 Å². The van der Waals surface area contributed by atoms with E-state index in [0.29, 0.717) is 17.3 Å². The zero-order valence-electron chi connectivity index (χ0n) is 16.8. The van der Waals surface area contributed by atoms with Gasteiger partial charge in [0.05, 0.1) is 10.3 Å². The van der Waals surface area contributed by atoms with Crippen LogP contribution in [0.25, 0.3) is 0 Å². The number of alkyl halides is 1. The van der Waals surface area contributed by atoms with E-state index < -0.39 is 9.84 Å². The Morgan fingerprint density at radius 2 is 1.71 bits per heavy atom. The van der Waals surface area contributed by atoms with Gasteiger partial charge < -0.3 is 4.90 Å². The van der Waals surface area contributed by atoms with Crippen LogP contribution in [0.2, 0.25) is 0 Å². The molecule has 0 aliphatic rings. The molecule has 2 rings (SSSR count). The number of nitrogens with zero attached hydrogens (tertiary/aromatic N) is 1. The van der Waals surface area contributed by atoms with Crippen LogP contribution >= 0.6 is 11.6 Å². The van der Waals surface area contributed by atoms with E-state index in [1.54, 1.807) is 12.1 Å². The molecule has 152 valence electrons. The maximum absolute atomic E-state index is 13.0. The summed E-state index contributed by atoms with van der Waals surface area (Å²) >= 11 is 5.94. The smallest absolute Gasteiger partial charge is 0.201 e. The third-order valence-electron chi connectivity index (χ3n) is 4.61. The van der Waals surface area contributed by atoms with E-state index in [-0.39, 0.29) is 0 Å². The molecule has 0 saturated carbocycles. The van der Waals surface area contributed by atoms with E-state index in [2.05, 4.69) is 24.0 Å². The van der Waals surface area contributed by atoms with Gasteiger partial charge in [0.1, 0.15) is 0 Å². The molecule has 0 saturated heterocycles. The summed E-state index contributed by atoms with van der Waals surface area (Å²) in [7, 11) is -3.51. The SMILES string of the molecule is CCCC/C(=C\S(=O)(=O)c1ccc(C)cc1)N(CCCCl)Cc1ccccc1. The van der Waals surface area contributed by atoms with E-state index in [4.69, 9.17) is 11.6 Å². The Balaban J connectivity index is 2.37. The van der Waals surface area contributed by atoms with Crippen LogP contribution in [0.1, 0.15) is 43.7 Å². The number of allylic oxidation sites excluding steroid dienone is 1. The van der Waals surface area contributed by atoms with Gasteiger partial charge in [-0.15, -0.1) is 11.6 Å². The maximum Gasteiger partial charge on any atom is 0.201 e. The highest BCUT2D eigenvalue weighted by molar-refractivity contribution is 7.94. The van der Waals surface area contributed by atoms with Crippen LogP contribution in [0.4, 0.5) is 0 Å². The van der Waals surface area contributed by atoms with Crippen molar-refractivity contribution in [1.82, 2.24) is 4.90 Å². The first-order chi connectivity index (χ1) is 13.5. The predicted molar refractivity (Wildman–Crippen MR) is 118 cm³/mol. The summed E-state index contributed by atoms with van der Waals surface area (Å²) in [5, 5.41) is 1.46. The second-order valence-electron chi connectivity index (χ2n) is 7.02. The first kappa shape index (κ1) is 22.5. The number of unbranched alkanes of at least 4 members (excludes halogenated alkanes) is 1. The van der Waals surface area contributed by atoms with E-state index in [9.17, 15) is 8.42 Å². The molecular formula is C23H30ClNO2S. The summed E-state index contributed by atoms with van der Waals surface area (Å²) in [6, 6.07) is 17.2. The second kappa shape index (κ2) is 11.3. The van der Waals surface area contributed by atoms with Crippen LogP contribution in [0.5, 0.6) is 0 Å². The Bertz CT molecular complexity index is 846. The van der Waals surface area contributed by atoms with Crippen LogP contribution in [-0.4, -0.2) is 25.7 Å². The molecule has 0 amide bonds. The number of aryl methyl sites for hydroxylation is 1. The van der Waals surface area contributed by atoms with Crippen molar-refractivity contribution in [2.24, 2.45) is 0 Å². The number of rotatable bonds is 11. The summed E-state index contributed by atoms with van der Waals surface area (Å²) in [6.07, 6.45) is 3.50. The monoisotopic (exact) mass is 419 g/mol. The van der Waals surface area contributed by atoms with Gasteiger partial charge in [-0.2, -0.15) is 0 Å². The lowest BCUT2D eigenvalue weighted by Crippen LogP contribution is -2.25. The van der Waals surface area contributed by atoms with E-state index in [0.717, 1.165) is 49.1 Å². The molecule has 3 nitrogen and oxygen atoms in total. The minimum absolute atomic E-state index is 0.337. The molecule has 28 heavy (non-hydrogen) atoms. The lowest BCUT2D eigenvalue weighted by atomic mass is 10.1. The number of sulfone groups is 1. The first-order valence-corrected chi connectivity index (χ1v) is 11.9. The van der Waals surface area contributed by atoms with E-state index >= 15 is 0 Å². The van der Waals surface area contributed by atoms with Gasteiger partial charge in [0, 0.05) is 24.7 Å². The molecule has 0 aliphatic heterocycles. The van der Waals surface area contributed by atoms with Crippen molar-refractivity contribution in [3.05, 3.63) is 76.8 Å². The van der Waals surface area contributed by atoms with Crippen LogP contribution in [0, 0.1) is 6.92 Å². The molecule has 0 aromatic heterocycles. The molecule has 0 heterocycles. The van der Waals surface area contributed by atoms with Crippen molar-refractivity contribution in [1.29, 1.82) is 0 Å². The van der Waals surface area contributed by atoms with Crippen molar-refractivity contribution in [2.45, 2.75) is 51.0 Å². The van der Waals surface area contributed by atoms with E-state index in [1.165, 1.54) is 5.41 Å². The molecule has 0 atom stereocenters. The minimum Gasteiger partial charge on any atom is -0.370 e. The van der Waals surface area contributed by atoms with Gasteiger partial charge in [0.2, 0.25) is 9.84 Å². The number of benzene rings is 2. The third kappa shape index (κ3) is 6.99. The number of hydrogen-bond donors (Lipinski definition) is 0. The van der Waals surface area contributed by atoms with E-state index in [1.807, 2.05) is 37.3 Å². The molecule has 0 spiro atoms. The van der Waals surface area contributed by atoms with Crippen LogP contribution in [-0.2, 0) is 16.4 Å². The van der Waals surface area contributed by atoms with Crippen molar-refractivity contribution in [3.63, 3.8) is 0 Å². The normalized spacial score (nSPS) is 12.2. The Kier molecular flexibility index (Phi) is 9.07. The van der Waals surface area contributed by atoms with Crippen LogP contribution < -0.4 is 0 Å². The van der Waals surface area contributed by atoms with Crippen molar-refractivity contribution >= 4 is 21.4 Å². The maximum atomic E-state index is 13.0. The molecule has 0 N–H and O–H groups in total. The average Bonchev–Trinajstić information content (AvgIpc) is 2.69. The van der Waals surface area contributed by atoms with Crippen LogP contribution in [0.15, 0.2) is 70.6 Å². The largest absolute Gasteiger partial charge is 0.370 e. The highest BCUT2D eigenvalue weighted by Gasteiger charge is 2.17. The van der Waals surface area contributed by atoms with Crippen molar-refractivity contribution in [2.75, 3.05) is 12.4 Å². The molecular weight excluding hydrogens is 390 g/mol. The standard InChI is InChI=1S/C23H30ClNO2S/c1-3-4-11-22(19-28(26,27)23-14-12-20(2)13-15-23)25(17-8-16-24)18-21-9-6-5-7-10-21/h5-7,9-10,12-15,19H,3-4,8,11,16-18H2,1-2H3/b22-19+. The predicted octanol–water partition coefficient (Wildman–Crippen LogP) is 5.93. The van der Waals surface area contributed by atoms with Crippen molar-refractivity contribution in [3.8, 4) is 0 Å². The summed E-state index contributed by atoms with van der Waals surface area (Å²) in [6.45, 7) is 5.48. The summed E-state index contributed by atoms with van der Waals surface area (Å²) in [5.74, 6) is 0.553. The highest BCUT2D eigenvalue weighted by atomic mass is 35.5. The zero-order valence-corrected chi connectivity index (χ0v) is 18.3. The molecule has 0 aliphatic carbocycles. The number of hydrogen-bond acceptors (Lipinski definition) is 3. The molecule has 0 radical (unpaired) electrons. The Labute approximate surface area is 175 Å². The van der Waals surface area contributed by atoms with Gasteiger partial charge in [-0.25, -0.2) is 8.42 Å². The molecule has 0 fully saturated rings. The minimum atomic E-state index is -3.51. The second-order valence-corrected chi connectivity index (χ2v) is 9.20.